The second kappa shape index (κ2) is 4.42. The van der Waals surface area contributed by atoms with Gasteiger partial charge in [-0.2, -0.15) is 13.2 Å². The number of aldehydes is 1. The van der Waals surface area contributed by atoms with Gasteiger partial charge in [0.2, 0.25) is 0 Å². The Labute approximate surface area is 121 Å². The van der Waals surface area contributed by atoms with Crippen molar-refractivity contribution in [2.45, 2.75) is 51.1 Å². The third-order valence-corrected chi connectivity index (χ3v) is 4.32. The first-order chi connectivity index (χ1) is 9.41. The van der Waals surface area contributed by atoms with E-state index in [1.165, 1.54) is 6.07 Å². The molecule has 0 amide bonds. The first-order valence-corrected chi connectivity index (χ1v) is 6.66. The molecule has 0 unspecified atom stereocenters. The Morgan fingerprint density at radius 2 is 1.67 bits per heavy atom. The second-order valence-corrected chi connectivity index (χ2v) is 6.71. The van der Waals surface area contributed by atoms with Gasteiger partial charge >= 0.3 is 6.18 Å². The van der Waals surface area contributed by atoms with E-state index in [0.29, 0.717) is 11.1 Å². The lowest BCUT2D eigenvalue weighted by atomic mass is 9.62. The van der Waals surface area contributed by atoms with E-state index in [4.69, 9.17) is 0 Å². The molecule has 1 aromatic rings. The van der Waals surface area contributed by atoms with Crippen LogP contribution in [0.2, 0.25) is 0 Å². The first-order valence-electron chi connectivity index (χ1n) is 6.66. The predicted octanol–water partition coefficient (Wildman–Crippen LogP) is 4.05. The summed E-state index contributed by atoms with van der Waals surface area (Å²) in [6.07, 6.45) is -4.21. The number of carbonyl (C=O) groups excluding carboxylic acids is 2. The van der Waals surface area contributed by atoms with Gasteiger partial charge in [-0.1, -0.05) is 13.8 Å². The summed E-state index contributed by atoms with van der Waals surface area (Å²) in [6.45, 7) is 6.87. The lowest BCUT2D eigenvalue weighted by molar-refractivity contribution is -0.137. The van der Waals surface area contributed by atoms with Crippen molar-refractivity contribution in [3.63, 3.8) is 0 Å². The van der Waals surface area contributed by atoms with Crippen LogP contribution >= 0.6 is 0 Å². The molecule has 5 heteroatoms. The van der Waals surface area contributed by atoms with Gasteiger partial charge in [0.1, 0.15) is 5.78 Å². The van der Waals surface area contributed by atoms with Crippen molar-refractivity contribution >= 4 is 12.1 Å². The van der Waals surface area contributed by atoms with E-state index in [1.807, 2.05) is 0 Å². The minimum atomic E-state index is -4.59. The minimum Gasteiger partial charge on any atom is -0.299 e. The van der Waals surface area contributed by atoms with Gasteiger partial charge in [-0.15, -0.1) is 0 Å². The highest BCUT2D eigenvalue weighted by molar-refractivity contribution is 5.94. The Morgan fingerprint density at radius 1 is 1.10 bits per heavy atom. The minimum absolute atomic E-state index is 0.0309. The average Bonchev–Trinajstić information content (AvgIpc) is 2.34. The Kier molecular flexibility index (Phi) is 3.31. The molecule has 21 heavy (non-hydrogen) atoms. The molecule has 0 atom stereocenters. The fourth-order valence-corrected chi connectivity index (χ4v) is 2.90. The van der Waals surface area contributed by atoms with Gasteiger partial charge in [0.05, 0.1) is 5.56 Å². The molecule has 1 aromatic carbocycles. The number of hydrogen-bond acceptors (Lipinski definition) is 2. The van der Waals surface area contributed by atoms with E-state index >= 15 is 0 Å². The first kappa shape index (κ1) is 15.7. The molecule has 0 fully saturated rings. The van der Waals surface area contributed by atoms with Crippen molar-refractivity contribution in [2.24, 2.45) is 0 Å². The standard InChI is InChI=1S/C16H17F3O2/c1-14(2)7-13(21)15(3,4)12-5-9(8-20)10(6-11(12)14)16(17,18)19/h5-6,8H,7H2,1-4H3. The SMILES string of the molecule is CC1(C)CC(=O)C(C)(C)c2cc(C=O)c(C(F)(F)F)cc21. The molecular formula is C16H17F3O2. The van der Waals surface area contributed by atoms with Crippen molar-refractivity contribution in [1.82, 2.24) is 0 Å². The van der Waals surface area contributed by atoms with Gasteiger partial charge in [0.15, 0.2) is 6.29 Å². The lowest BCUT2D eigenvalue weighted by Crippen LogP contribution is -2.42. The third kappa shape index (κ3) is 2.39. The van der Waals surface area contributed by atoms with E-state index in [2.05, 4.69) is 0 Å². The van der Waals surface area contributed by atoms with Gasteiger partial charge in [-0.25, -0.2) is 0 Å². The summed E-state index contributed by atoms with van der Waals surface area (Å²) in [5.41, 5.74) is -1.91. The van der Waals surface area contributed by atoms with Gasteiger partial charge in [0, 0.05) is 17.4 Å². The van der Waals surface area contributed by atoms with Gasteiger partial charge < -0.3 is 0 Å². The summed E-state index contributed by atoms with van der Waals surface area (Å²) in [5.74, 6) is -0.0309. The number of rotatable bonds is 1. The zero-order valence-electron chi connectivity index (χ0n) is 12.4. The van der Waals surface area contributed by atoms with Gasteiger partial charge in [0.25, 0.3) is 0 Å². The number of hydrogen-bond donors (Lipinski definition) is 0. The van der Waals surface area contributed by atoms with Gasteiger partial charge in [-0.3, -0.25) is 9.59 Å². The summed E-state index contributed by atoms with van der Waals surface area (Å²) in [6, 6.07) is 2.26. The lowest BCUT2D eigenvalue weighted by Gasteiger charge is -2.41. The Hall–Kier alpha value is -1.65. The Morgan fingerprint density at radius 3 is 2.14 bits per heavy atom. The molecule has 0 N–H and O–H groups in total. The topological polar surface area (TPSA) is 34.1 Å². The monoisotopic (exact) mass is 298 g/mol. The highest BCUT2D eigenvalue weighted by Gasteiger charge is 2.45. The number of fused-ring (bicyclic) bond motifs is 1. The van der Waals surface area contributed by atoms with Crippen LogP contribution in [0.25, 0.3) is 0 Å². The molecular weight excluding hydrogens is 281 g/mol. The van der Waals surface area contributed by atoms with Crippen LogP contribution in [-0.4, -0.2) is 12.1 Å². The molecule has 2 nitrogen and oxygen atoms in total. The van der Waals surface area contributed by atoms with Crippen LogP contribution in [0.15, 0.2) is 12.1 Å². The highest BCUT2D eigenvalue weighted by atomic mass is 19.4. The predicted molar refractivity (Wildman–Crippen MR) is 72.5 cm³/mol. The third-order valence-electron chi connectivity index (χ3n) is 4.32. The summed E-state index contributed by atoms with van der Waals surface area (Å²) in [4.78, 5) is 23.3. The number of Topliss-reactive ketones (excluding diaryl/α,β-unsaturated/α-hetero) is 1. The number of alkyl halides is 3. The van der Waals surface area contributed by atoms with Crippen molar-refractivity contribution in [3.05, 3.63) is 34.4 Å². The molecule has 114 valence electrons. The van der Waals surface area contributed by atoms with Crippen LogP contribution < -0.4 is 0 Å². The van der Waals surface area contributed by atoms with Gasteiger partial charge in [-0.05, 0) is 42.5 Å². The number of benzene rings is 1. The van der Waals surface area contributed by atoms with Crippen LogP contribution in [0.3, 0.4) is 0 Å². The normalized spacial score (nSPS) is 20.0. The smallest absolute Gasteiger partial charge is 0.299 e. The van der Waals surface area contributed by atoms with Crippen molar-refractivity contribution in [2.75, 3.05) is 0 Å². The molecule has 0 radical (unpaired) electrons. The quantitative estimate of drug-likeness (QED) is 0.733. The van der Waals surface area contributed by atoms with Crippen LogP contribution in [0.1, 0.15) is 61.2 Å². The summed E-state index contributed by atoms with van der Waals surface area (Å²) in [7, 11) is 0. The Balaban J connectivity index is 2.84. The fraction of sp³-hybridized carbons (Fsp3) is 0.500. The number of halogens is 3. The molecule has 0 aliphatic heterocycles. The maximum Gasteiger partial charge on any atom is 0.417 e. The molecule has 0 saturated carbocycles. The van der Waals surface area contributed by atoms with Crippen LogP contribution in [0.5, 0.6) is 0 Å². The molecule has 1 aliphatic rings. The Bertz CT molecular complexity index is 625. The highest BCUT2D eigenvalue weighted by Crippen LogP contribution is 2.46. The van der Waals surface area contributed by atoms with Crippen molar-refractivity contribution < 1.29 is 22.8 Å². The fourth-order valence-electron chi connectivity index (χ4n) is 2.90. The van der Waals surface area contributed by atoms with Crippen LogP contribution in [-0.2, 0) is 21.8 Å². The van der Waals surface area contributed by atoms with Crippen LogP contribution in [0, 0.1) is 0 Å². The van der Waals surface area contributed by atoms with E-state index in [0.717, 1.165) is 6.07 Å². The summed E-state index contributed by atoms with van der Waals surface area (Å²) in [5, 5.41) is 0. The molecule has 0 bridgehead atoms. The summed E-state index contributed by atoms with van der Waals surface area (Å²) >= 11 is 0. The van der Waals surface area contributed by atoms with E-state index in [-0.39, 0.29) is 18.5 Å². The maximum atomic E-state index is 13.1. The van der Waals surface area contributed by atoms with Crippen molar-refractivity contribution in [3.8, 4) is 0 Å². The molecule has 0 aromatic heterocycles. The molecule has 0 heterocycles. The molecule has 1 aliphatic carbocycles. The van der Waals surface area contributed by atoms with Crippen LogP contribution in [0.4, 0.5) is 13.2 Å². The molecule has 2 rings (SSSR count). The largest absolute Gasteiger partial charge is 0.417 e. The molecule has 0 saturated heterocycles. The maximum absolute atomic E-state index is 13.1. The molecule has 0 spiro atoms. The zero-order valence-corrected chi connectivity index (χ0v) is 12.4. The average molecular weight is 298 g/mol. The number of carbonyl (C=O) groups is 2. The van der Waals surface area contributed by atoms with Crippen molar-refractivity contribution in [1.29, 1.82) is 0 Å². The summed E-state index contributed by atoms with van der Waals surface area (Å²) < 4.78 is 39.3. The van der Waals surface area contributed by atoms with E-state index < -0.39 is 28.1 Å². The van der Waals surface area contributed by atoms with E-state index in [9.17, 15) is 22.8 Å². The number of ketones is 1. The second-order valence-electron chi connectivity index (χ2n) is 6.71. The van der Waals surface area contributed by atoms with E-state index in [1.54, 1.807) is 27.7 Å². The zero-order chi connectivity index (χ0) is 16.2.